The van der Waals surface area contributed by atoms with Gasteiger partial charge in [0.1, 0.15) is 17.9 Å². The zero-order valence-corrected chi connectivity index (χ0v) is 55.7. The summed E-state index contributed by atoms with van der Waals surface area (Å²) in [5, 5.41) is 12.3. The second-order valence-electron chi connectivity index (χ2n) is 25.2. The number of carbonyl (C=O) groups is 5. The zero-order chi connectivity index (χ0) is 66.6. The third-order valence-corrected chi connectivity index (χ3v) is 18.9. The van der Waals surface area contributed by atoms with Crippen molar-refractivity contribution in [3.63, 3.8) is 0 Å². The molecule has 2 saturated heterocycles. The molecule has 504 valence electrons. The van der Waals surface area contributed by atoms with E-state index in [1.54, 1.807) is 68.4 Å². The smallest absolute Gasteiger partial charge is 0.329 e. The van der Waals surface area contributed by atoms with Crippen LogP contribution < -0.4 is 24.4 Å². The van der Waals surface area contributed by atoms with Gasteiger partial charge in [0.15, 0.2) is 23.9 Å². The van der Waals surface area contributed by atoms with Crippen molar-refractivity contribution in [2.24, 2.45) is 7.05 Å². The fourth-order valence-electron chi connectivity index (χ4n) is 13.7. The first-order valence-corrected chi connectivity index (χ1v) is 33.2. The molecule has 0 radical (unpaired) electrons. The molecule has 6 aromatic rings. The number of likely N-dealkylation sites (tertiary alicyclic amines) is 2. The quantitative estimate of drug-likeness (QED) is 0.0377. The number of anilines is 2. The van der Waals surface area contributed by atoms with Crippen LogP contribution in [0.25, 0.3) is 11.1 Å². The van der Waals surface area contributed by atoms with Gasteiger partial charge in [-0.2, -0.15) is 10.2 Å². The van der Waals surface area contributed by atoms with Gasteiger partial charge in [-0.1, -0.05) is 43.3 Å². The Hall–Kier alpha value is -8.37. The van der Waals surface area contributed by atoms with Crippen molar-refractivity contribution in [3.8, 4) is 28.4 Å². The van der Waals surface area contributed by atoms with Crippen LogP contribution in [0.5, 0.6) is 17.2 Å². The average Bonchev–Trinajstić information content (AvgIpc) is 1.54. The number of methoxy groups -OCH3 is 2. The summed E-state index contributed by atoms with van der Waals surface area (Å²) >= 11 is 0. The standard InChI is InChI=1S/C72H91F2N9O11/c1-9-57(53-37-48(4)68(90-8)65(40-53)89-7)71(87)82-27-11-10-17-62(82)72(88)94-64(21-20-50-19-18-46(2)47(3)36-50)52-14-12-16-56(38-52)93-45-66(85)75-26-33-92-35-34-91-32-25-67(86)79-29-22-55(23-30-79)83-61-24-31-80(49(5)84)44-60(61)70(77-83)81-28-13-15-51-39-58(54-42-76-78(6)43-54)59(69(73)74)41-63(51)81/h12,14,16,18-19,36-43,55,57,62,64,69H,9-11,13,15,17,20-35,44-45H2,1-8H3,(H,75,85)/t57-,62-,64+/m0/s1. The van der Waals surface area contributed by atoms with Crippen molar-refractivity contribution < 1.29 is 61.2 Å². The predicted octanol–water partition coefficient (Wildman–Crippen LogP) is 10.7. The van der Waals surface area contributed by atoms with E-state index in [1.807, 2.05) is 54.0 Å². The van der Waals surface area contributed by atoms with E-state index in [0.717, 1.165) is 59.2 Å². The molecule has 2 fully saturated rings. The molecule has 0 saturated carbocycles. The van der Waals surface area contributed by atoms with Crippen LogP contribution >= 0.6 is 0 Å². The van der Waals surface area contributed by atoms with E-state index in [2.05, 4.69) is 52.0 Å². The zero-order valence-electron chi connectivity index (χ0n) is 55.7. The number of rotatable bonds is 27. The molecule has 20 nitrogen and oxygen atoms in total. The largest absolute Gasteiger partial charge is 0.493 e. The summed E-state index contributed by atoms with van der Waals surface area (Å²) in [5.41, 5.74) is 10.5. The molecule has 0 aliphatic carbocycles. The second kappa shape index (κ2) is 31.7. The van der Waals surface area contributed by atoms with Crippen LogP contribution in [0.1, 0.15) is 152 Å². The van der Waals surface area contributed by atoms with Crippen LogP contribution in [0.2, 0.25) is 0 Å². The second-order valence-corrected chi connectivity index (χ2v) is 25.2. The number of ether oxygens (including phenoxy) is 6. The number of nitrogens with zero attached hydrogens (tertiary/aromatic N) is 8. The predicted molar refractivity (Wildman–Crippen MR) is 352 cm³/mol. The minimum atomic E-state index is -2.70. The van der Waals surface area contributed by atoms with Crippen LogP contribution in [0, 0.1) is 20.8 Å². The highest BCUT2D eigenvalue weighted by molar-refractivity contribution is 5.89. The van der Waals surface area contributed by atoms with Gasteiger partial charge in [0, 0.05) is 93.9 Å². The molecule has 0 bridgehead atoms. The molecule has 22 heteroatoms. The Bertz CT molecular complexity index is 3660. The number of carbonyl (C=O) groups excluding carboxylic acids is 5. The molecule has 4 aromatic carbocycles. The van der Waals surface area contributed by atoms with Crippen LogP contribution in [0.3, 0.4) is 0 Å². The van der Waals surface area contributed by atoms with E-state index < -0.39 is 30.5 Å². The summed E-state index contributed by atoms with van der Waals surface area (Å²) in [5.74, 6) is 0.811. The van der Waals surface area contributed by atoms with Crippen LogP contribution in [0.15, 0.2) is 79.1 Å². The molecule has 0 unspecified atom stereocenters. The van der Waals surface area contributed by atoms with Gasteiger partial charge in [-0.15, -0.1) is 0 Å². The highest BCUT2D eigenvalue weighted by Crippen LogP contribution is 2.45. The molecular weight excluding hydrogens is 1200 g/mol. The number of hydrogen-bond acceptors (Lipinski definition) is 14. The van der Waals surface area contributed by atoms with Crippen LogP contribution in [0.4, 0.5) is 20.3 Å². The molecule has 2 aromatic heterocycles. The number of nitrogens with one attached hydrogen (secondary N) is 1. The summed E-state index contributed by atoms with van der Waals surface area (Å²) < 4.78 is 68.5. The number of piperidine rings is 2. The minimum absolute atomic E-state index is 0.00154. The summed E-state index contributed by atoms with van der Waals surface area (Å²) in [6, 6.07) is 20.1. The van der Waals surface area contributed by atoms with Crippen LogP contribution in [-0.4, -0.2) is 156 Å². The van der Waals surface area contributed by atoms with Crippen molar-refractivity contribution in [2.45, 2.75) is 149 Å². The molecule has 0 spiro atoms. The third kappa shape index (κ3) is 16.2. The maximum Gasteiger partial charge on any atom is 0.329 e. The van der Waals surface area contributed by atoms with E-state index in [9.17, 15) is 32.8 Å². The van der Waals surface area contributed by atoms with E-state index >= 15 is 0 Å². The van der Waals surface area contributed by atoms with Gasteiger partial charge >= 0.3 is 5.97 Å². The van der Waals surface area contributed by atoms with E-state index in [4.69, 9.17) is 33.5 Å². The fourth-order valence-corrected chi connectivity index (χ4v) is 13.7. The van der Waals surface area contributed by atoms with Gasteiger partial charge in [0.25, 0.3) is 12.3 Å². The van der Waals surface area contributed by atoms with Gasteiger partial charge < -0.3 is 53.3 Å². The number of aromatic nitrogens is 4. The molecule has 4 aliphatic heterocycles. The monoisotopic (exact) mass is 1300 g/mol. The number of hydrogen-bond donors (Lipinski definition) is 1. The maximum absolute atomic E-state index is 14.8. The molecule has 3 atom stereocenters. The van der Waals surface area contributed by atoms with Gasteiger partial charge in [0.2, 0.25) is 17.7 Å². The summed E-state index contributed by atoms with van der Waals surface area (Å²) in [4.78, 5) is 75.6. The molecule has 4 aliphatic rings. The Morgan fingerprint density at radius 3 is 2.31 bits per heavy atom. The molecular formula is C72H91F2N9O11. The highest BCUT2D eigenvalue weighted by atomic mass is 19.3. The molecule has 10 rings (SSSR count). The molecule has 6 heterocycles. The minimum Gasteiger partial charge on any atom is -0.493 e. The van der Waals surface area contributed by atoms with Gasteiger partial charge in [-0.3, -0.25) is 28.5 Å². The Morgan fingerprint density at radius 1 is 0.787 bits per heavy atom. The molecule has 94 heavy (non-hydrogen) atoms. The lowest BCUT2D eigenvalue weighted by atomic mass is 9.91. The van der Waals surface area contributed by atoms with Crippen molar-refractivity contribution in [1.82, 2.24) is 39.6 Å². The van der Waals surface area contributed by atoms with Gasteiger partial charge in [-0.05, 0) is 160 Å². The average molecular weight is 1300 g/mol. The molecule has 1 N–H and O–H groups in total. The number of aryl methyl sites for hydroxylation is 6. The third-order valence-electron chi connectivity index (χ3n) is 18.9. The normalized spacial score (nSPS) is 16.5. The van der Waals surface area contributed by atoms with E-state index in [1.165, 1.54) is 11.1 Å². The lowest BCUT2D eigenvalue weighted by Crippen LogP contribution is -2.50. The number of amides is 4. The molecule has 4 amide bonds. The lowest BCUT2D eigenvalue weighted by Gasteiger charge is -2.37. The van der Waals surface area contributed by atoms with Crippen molar-refractivity contribution >= 4 is 41.1 Å². The topological polar surface area (TPSA) is 201 Å². The number of alkyl halides is 2. The summed E-state index contributed by atoms with van der Waals surface area (Å²) in [6.45, 7) is 13.6. The Balaban J connectivity index is 0.666. The van der Waals surface area contributed by atoms with E-state index in [0.29, 0.717) is 130 Å². The first-order chi connectivity index (χ1) is 45.4. The number of fused-ring (bicyclic) bond motifs is 2. The van der Waals surface area contributed by atoms with Crippen LogP contribution in [-0.2, 0) is 71.0 Å². The lowest BCUT2D eigenvalue weighted by molar-refractivity contribution is -0.162. The highest BCUT2D eigenvalue weighted by Gasteiger charge is 2.39. The first kappa shape index (κ1) is 68.5. The summed E-state index contributed by atoms with van der Waals surface area (Å²) in [7, 11) is 4.93. The Morgan fingerprint density at radius 2 is 1.59 bits per heavy atom. The SMILES string of the molecule is CC[C@H](C(=O)N1CCCC[C@H]1C(=O)O[C@H](CCc1ccc(C)c(C)c1)c1cccc(OCC(=O)NCCOCCOCCC(=O)N2CCC(n3nc(N4CCCc5cc(-c6cnn(C)c6)c(C(F)F)cc54)c4c3CCN(C(C)=O)C4)CC2)c1)c1cc(C)c(OC)c(OC)c1. The van der Waals surface area contributed by atoms with Crippen molar-refractivity contribution in [2.75, 3.05) is 91.4 Å². The fraction of sp³-hybridized carbons (Fsp3) is 0.514. The Labute approximate surface area is 550 Å². The van der Waals surface area contributed by atoms with Crippen molar-refractivity contribution in [3.05, 3.63) is 135 Å². The van der Waals surface area contributed by atoms with Gasteiger partial charge in [0.05, 0.1) is 71.8 Å². The Kier molecular flexibility index (Phi) is 23.1. The van der Waals surface area contributed by atoms with E-state index in [-0.39, 0.29) is 81.2 Å². The van der Waals surface area contributed by atoms with Gasteiger partial charge in [-0.25, -0.2) is 13.6 Å². The van der Waals surface area contributed by atoms with Crippen molar-refractivity contribution in [1.29, 1.82) is 0 Å². The maximum atomic E-state index is 14.8. The number of esters is 1. The number of halogens is 2. The first-order valence-electron chi connectivity index (χ1n) is 33.2. The summed E-state index contributed by atoms with van der Waals surface area (Å²) in [6.07, 6.45) is 7.38. The number of benzene rings is 4.